The molecule has 134 valence electrons. The number of phenols is 2. The topological polar surface area (TPSA) is 60.8 Å². The molecule has 1 amide bonds. The van der Waals surface area contributed by atoms with Crippen LogP contribution < -0.4 is 0 Å². The van der Waals surface area contributed by atoms with Crippen molar-refractivity contribution in [2.24, 2.45) is 0 Å². The van der Waals surface area contributed by atoms with Gasteiger partial charge in [-0.25, -0.2) is 0 Å². The Morgan fingerprint density at radius 2 is 1.37 bits per heavy atom. The van der Waals surface area contributed by atoms with E-state index < -0.39 is 0 Å². The normalized spacial score (nSPS) is 11.0. The number of nitrogens with zero attached hydrogens (tertiary/aromatic N) is 1. The van der Waals surface area contributed by atoms with Crippen LogP contribution >= 0.6 is 0 Å². The summed E-state index contributed by atoms with van der Waals surface area (Å²) >= 11 is 0. The fourth-order valence-corrected chi connectivity index (χ4v) is 3.52. The average molecular weight is 357 g/mol. The van der Waals surface area contributed by atoms with Crippen molar-refractivity contribution in [3.8, 4) is 22.6 Å². The maximum Gasteiger partial charge on any atom is 0.257 e. The summed E-state index contributed by atoms with van der Waals surface area (Å²) < 4.78 is 0. The molecule has 4 nitrogen and oxygen atoms in total. The van der Waals surface area contributed by atoms with Gasteiger partial charge >= 0.3 is 0 Å². The van der Waals surface area contributed by atoms with E-state index in [4.69, 9.17) is 0 Å². The Kier molecular flexibility index (Phi) is 3.96. The summed E-state index contributed by atoms with van der Waals surface area (Å²) in [5.74, 6) is -0.359. The second-order valence-electron chi connectivity index (χ2n) is 6.75. The van der Waals surface area contributed by atoms with Crippen LogP contribution in [0.4, 0.5) is 0 Å². The van der Waals surface area contributed by atoms with Crippen LogP contribution in [0.2, 0.25) is 0 Å². The molecule has 4 heteroatoms. The summed E-state index contributed by atoms with van der Waals surface area (Å²) in [7, 11) is 3.29. The third-order valence-corrected chi connectivity index (χ3v) is 4.82. The Hall–Kier alpha value is -3.53. The number of rotatable bonds is 2. The van der Waals surface area contributed by atoms with Gasteiger partial charge in [-0.3, -0.25) is 4.79 Å². The van der Waals surface area contributed by atoms with Crippen molar-refractivity contribution in [2.45, 2.75) is 0 Å². The van der Waals surface area contributed by atoms with Gasteiger partial charge in [0.2, 0.25) is 0 Å². The highest BCUT2D eigenvalue weighted by atomic mass is 16.3. The molecule has 0 aromatic heterocycles. The van der Waals surface area contributed by atoms with E-state index in [-0.39, 0.29) is 23.0 Å². The second kappa shape index (κ2) is 6.32. The van der Waals surface area contributed by atoms with Crippen LogP contribution in [0.25, 0.3) is 32.7 Å². The zero-order valence-corrected chi connectivity index (χ0v) is 15.1. The van der Waals surface area contributed by atoms with Crippen molar-refractivity contribution >= 4 is 27.5 Å². The molecule has 0 saturated carbocycles. The summed E-state index contributed by atoms with van der Waals surface area (Å²) in [4.78, 5) is 14.1. The van der Waals surface area contributed by atoms with Crippen LogP contribution in [0.15, 0.2) is 66.7 Å². The van der Waals surface area contributed by atoms with E-state index in [1.165, 1.54) is 4.90 Å². The monoisotopic (exact) mass is 357 g/mol. The fraction of sp³-hybridized carbons (Fsp3) is 0.0870. The molecule has 0 saturated heterocycles. The van der Waals surface area contributed by atoms with Gasteiger partial charge in [-0.2, -0.15) is 0 Å². The quantitative estimate of drug-likeness (QED) is 0.543. The van der Waals surface area contributed by atoms with Gasteiger partial charge in [0.05, 0.1) is 5.56 Å². The highest BCUT2D eigenvalue weighted by molar-refractivity contribution is 6.13. The van der Waals surface area contributed by atoms with E-state index in [0.717, 1.165) is 21.5 Å². The summed E-state index contributed by atoms with van der Waals surface area (Å²) in [5.41, 5.74) is 1.20. The number of hydrogen-bond acceptors (Lipinski definition) is 3. The summed E-state index contributed by atoms with van der Waals surface area (Å²) in [6.45, 7) is 0. The van der Waals surface area contributed by atoms with Gasteiger partial charge in [0.1, 0.15) is 11.5 Å². The van der Waals surface area contributed by atoms with Crippen LogP contribution in [-0.4, -0.2) is 35.1 Å². The Balaban J connectivity index is 2.19. The van der Waals surface area contributed by atoms with Crippen LogP contribution in [0.1, 0.15) is 10.4 Å². The SMILES string of the molecule is CN(C)C(=O)c1cc2ccccc2c(-c2c(O)ccc3ccccc23)c1O. The van der Waals surface area contributed by atoms with Crippen molar-refractivity contribution in [1.82, 2.24) is 4.90 Å². The van der Waals surface area contributed by atoms with E-state index in [1.54, 1.807) is 26.2 Å². The van der Waals surface area contributed by atoms with Gasteiger partial charge in [-0.05, 0) is 33.7 Å². The standard InChI is InChI=1S/C23H19NO3/c1-24(2)23(27)18-13-15-8-4-6-10-17(15)21(22(18)26)20-16-9-5-3-7-14(16)11-12-19(20)25/h3-13,25-26H,1-2H3. The number of hydrogen-bond donors (Lipinski definition) is 2. The molecule has 0 radical (unpaired) electrons. The van der Waals surface area contributed by atoms with E-state index in [9.17, 15) is 15.0 Å². The zero-order valence-electron chi connectivity index (χ0n) is 15.1. The third kappa shape index (κ3) is 2.66. The number of fused-ring (bicyclic) bond motifs is 2. The molecule has 0 aliphatic rings. The Labute approximate surface area is 156 Å². The van der Waals surface area contributed by atoms with Crippen molar-refractivity contribution in [1.29, 1.82) is 0 Å². The molecule has 0 heterocycles. The van der Waals surface area contributed by atoms with Crippen LogP contribution in [0.3, 0.4) is 0 Å². The Bertz CT molecular complexity index is 1200. The molecule has 4 aromatic carbocycles. The average Bonchev–Trinajstić information content (AvgIpc) is 2.68. The number of phenolic OH excluding ortho intramolecular Hbond substituents is 2. The lowest BCUT2D eigenvalue weighted by Crippen LogP contribution is -2.21. The first kappa shape index (κ1) is 16.9. The van der Waals surface area contributed by atoms with Gasteiger partial charge in [0.25, 0.3) is 5.91 Å². The minimum Gasteiger partial charge on any atom is -0.507 e. The lowest BCUT2D eigenvalue weighted by atomic mass is 9.90. The molecule has 0 aliphatic heterocycles. The van der Waals surface area contributed by atoms with Crippen molar-refractivity contribution in [3.63, 3.8) is 0 Å². The number of benzene rings is 4. The minimum absolute atomic E-state index is 0.0589. The molecule has 0 atom stereocenters. The maximum atomic E-state index is 12.6. The maximum absolute atomic E-state index is 12.6. The van der Waals surface area contributed by atoms with Crippen molar-refractivity contribution in [3.05, 3.63) is 72.3 Å². The van der Waals surface area contributed by atoms with E-state index in [1.807, 2.05) is 54.6 Å². The summed E-state index contributed by atoms with van der Waals surface area (Å²) in [6, 6.07) is 20.4. The zero-order chi connectivity index (χ0) is 19.1. The molecule has 0 spiro atoms. The third-order valence-electron chi connectivity index (χ3n) is 4.82. The molecule has 0 unspecified atom stereocenters. The molecule has 4 rings (SSSR count). The van der Waals surface area contributed by atoms with Gasteiger partial charge < -0.3 is 15.1 Å². The molecule has 27 heavy (non-hydrogen) atoms. The lowest BCUT2D eigenvalue weighted by Gasteiger charge is -2.18. The van der Waals surface area contributed by atoms with Crippen molar-refractivity contribution in [2.75, 3.05) is 14.1 Å². The first-order chi connectivity index (χ1) is 13.0. The number of carbonyl (C=O) groups is 1. The van der Waals surface area contributed by atoms with Crippen LogP contribution in [0.5, 0.6) is 11.5 Å². The van der Waals surface area contributed by atoms with Gasteiger partial charge in [-0.1, -0.05) is 54.6 Å². The highest BCUT2D eigenvalue weighted by Crippen LogP contribution is 2.46. The first-order valence-corrected chi connectivity index (χ1v) is 8.66. The Morgan fingerprint density at radius 3 is 2.04 bits per heavy atom. The molecular weight excluding hydrogens is 338 g/mol. The number of amides is 1. The number of aromatic hydroxyl groups is 2. The lowest BCUT2D eigenvalue weighted by molar-refractivity contribution is 0.0825. The van der Waals surface area contributed by atoms with Gasteiger partial charge in [-0.15, -0.1) is 0 Å². The molecular formula is C23H19NO3. The van der Waals surface area contributed by atoms with E-state index in [2.05, 4.69) is 0 Å². The second-order valence-corrected chi connectivity index (χ2v) is 6.75. The molecule has 2 N–H and O–H groups in total. The van der Waals surface area contributed by atoms with Gasteiger partial charge in [0.15, 0.2) is 0 Å². The van der Waals surface area contributed by atoms with Gasteiger partial charge in [0, 0.05) is 25.2 Å². The largest absolute Gasteiger partial charge is 0.507 e. The van der Waals surface area contributed by atoms with Crippen LogP contribution in [0, 0.1) is 0 Å². The van der Waals surface area contributed by atoms with E-state index in [0.29, 0.717) is 11.1 Å². The first-order valence-electron chi connectivity index (χ1n) is 8.66. The number of carbonyl (C=O) groups excluding carboxylic acids is 1. The summed E-state index contributed by atoms with van der Waals surface area (Å²) in [6.07, 6.45) is 0. The fourth-order valence-electron chi connectivity index (χ4n) is 3.52. The molecule has 0 aliphatic carbocycles. The Morgan fingerprint density at radius 1 is 0.778 bits per heavy atom. The molecule has 0 bridgehead atoms. The van der Waals surface area contributed by atoms with Crippen LogP contribution in [-0.2, 0) is 0 Å². The van der Waals surface area contributed by atoms with Crippen molar-refractivity contribution < 1.29 is 15.0 Å². The predicted octanol–water partition coefficient (Wildman–Crippen LogP) is 4.77. The smallest absolute Gasteiger partial charge is 0.257 e. The highest BCUT2D eigenvalue weighted by Gasteiger charge is 2.23. The molecule has 0 fully saturated rings. The molecule has 4 aromatic rings. The summed E-state index contributed by atoms with van der Waals surface area (Å²) in [5, 5.41) is 25.1. The van der Waals surface area contributed by atoms with E-state index >= 15 is 0 Å². The predicted molar refractivity (Wildman–Crippen MR) is 108 cm³/mol. The minimum atomic E-state index is -0.292.